The van der Waals surface area contributed by atoms with Gasteiger partial charge < -0.3 is 10.2 Å². The van der Waals surface area contributed by atoms with E-state index in [4.69, 9.17) is 11.6 Å². The number of hydrogen-bond donors (Lipinski definition) is 1. The van der Waals surface area contributed by atoms with Gasteiger partial charge in [-0.05, 0) is 36.6 Å². The van der Waals surface area contributed by atoms with Crippen molar-refractivity contribution in [2.24, 2.45) is 5.92 Å². The first kappa shape index (κ1) is 20.1. The Morgan fingerprint density at radius 1 is 1.07 bits per heavy atom. The topological polar surface area (TPSA) is 80.1 Å². The molecule has 30 heavy (non-hydrogen) atoms. The summed E-state index contributed by atoms with van der Waals surface area (Å²) < 4.78 is 1.68. The number of benzene rings is 1. The molecule has 0 spiro atoms. The number of carbonyl (C=O) groups is 2. The Kier molecular flexibility index (Phi) is 6.09. The molecule has 1 unspecified atom stereocenters. The highest BCUT2D eigenvalue weighted by atomic mass is 35.5. The maximum absolute atomic E-state index is 13.3. The molecule has 1 aromatic carbocycles. The van der Waals surface area contributed by atoms with Gasteiger partial charge in [-0.3, -0.25) is 14.3 Å². The molecule has 1 N–H and O–H groups in total. The number of amides is 2. The van der Waals surface area contributed by atoms with Crippen LogP contribution in [0.4, 0.5) is 5.82 Å². The highest BCUT2D eigenvalue weighted by molar-refractivity contribution is 6.30. The van der Waals surface area contributed by atoms with Crippen molar-refractivity contribution in [2.75, 3.05) is 18.4 Å². The Bertz CT molecular complexity index is 984. The van der Waals surface area contributed by atoms with E-state index in [0.29, 0.717) is 36.8 Å². The average Bonchev–Trinajstić information content (AvgIpc) is 3.30. The Morgan fingerprint density at radius 2 is 1.83 bits per heavy atom. The monoisotopic (exact) mass is 423 g/mol. The van der Waals surface area contributed by atoms with Crippen molar-refractivity contribution in [3.05, 3.63) is 77.7 Å². The zero-order valence-electron chi connectivity index (χ0n) is 16.3. The number of anilines is 1. The predicted octanol–water partition coefficient (Wildman–Crippen LogP) is 3.40. The van der Waals surface area contributed by atoms with Gasteiger partial charge in [0.15, 0.2) is 6.04 Å². The molecular formula is C22H22ClN5O2. The first-order chi connectivity index (χ1) is 14.6. The third-order valence-corrected chi connectivity index (χ3v) is 5.52. The molecule has 1 aliphatic rings. The Morgan fingerprint density at radius 3 is 2.47 bits per heavy atom. The lowest BCUT2D eigenvalue weighted by molar-refractivity contribution is -0.136. The van der Waals surface area contributed by atoms with Gasteiger partial charge in [0, 0.05) is 37.6 Å². The molecule has 3 heterocycles. The maximum atomic E-state index is 13.3. The molecule has 1 fully saturated rings. The quantitative estimate of drug-likeness (QED) is 0.682. The number of aromatic nitrogens is 3. The van der Waals surface area contributed by atoms with Gasteiger partial charge in [-0.2, -0.15) is 5.10 Å². The summed E-state index contributed by atoms with van der Waals surface area (Å²) in [5.74, 6) is 0.226. The van der Waals surface area contributed by atoms with Crippen LogP contribution in [0.3, 0.4) is 0 Å². The number of carbonyl (C=O) groups excluding carboxylic acids is 2. The third kappa shape index (κ3) is 4.52. The minimum atomic E-state index is -0.509. The summed E-state index contributed by atoms with van der Waals surface area (Å²) in [4.78, 5) is 31.8. The van der Waals surface area contributed by atoms with Crippen molar-refractivity contribution < 1.29 is 9.59 Å². The summed E-state index contributed by atoms with van der Waals surface area (Å²) in [7, 11) is 0. The fourth-order valence-corrected chi connectivity index (χ4v) is 3.80. The summed E-state index contributed by atoms with van der Waals surface area (Å²) in [6, 6.07) is 14.3. The number of hydrogen-bond acceptors (Lipinski definition) is 4. The lowest BCUT2D eigenvalue weighted by Crippen LogP contribution is -2.44. The van der Waals surface area contributed by atoms with Crippen molar-refractivity contribution in [2.45, 2.75) is 18.9 Å². The van der Waals surface area contributed by atoms with Gasteiger partial charge in [0.2, 0.25) is 5.91 Å². The number of halogens is 1. The lowest BCUT2D eigenvalue weighted by atomic mass is 9.94. The minimum absolute atomic E-state index is 0.0110. The molecule has 0 bridgehead atoms. The Labute approximate surface area is 179 Å². The lowest BCUT2D eigenvalue weighted by Gasteiger charge is -2.33. The second-order valence-corrected chi connectivity index (χ2v) is 7.69. The van der Waals surface area contributed by atoms with Gasteiger partial charge in [-0.25, -0.2) is 4.98 Å². The molecule has 154 valence electrons. The van der Waals surface area contributed by atoms with Gasteiger partial charge in [-0.15, -0.1) is 0 Å². The molecule has 0 radical (unpaired) electrons. The van der Waals surface area contributed by atoms with E-state index in [1.54, 1.807) is 29.2 Å². The fraction of sp³-hybridized carbons (Fsp3) is 0.273. The molecule has 0 saturated carbocycles. The van der Waals surface area contributed by atoms with Crippen molar-refractivity contribution >= 4 is 29.2 Å². The average molecular weight is 424 g/mol. The van der Waals surface area contributed by atoms with Crippen LogP contribution in [0.25, 0.3) is 0 Å². The van der Waals surface area contributed by atoms with Crippen LogP contribution in [0.5, 0.6) is 0 Å². The zero-order valence-corrected chi connectivity index (χ0v) is 17.1. The third-order valence-electron chi connectivity index (χ3n) is 5.29. The van der Waals surface area contributed by atoms with Gasteiger partial charge in [0.1, 0.15) is 5.82 Å². The van der Waals surface area contributed by atoms with Gasteiger partial charge in [-0.1, -0.05) is 41.9 Å². The van der Waals surface area contributed by atoms with Crippen LogP contribution in [0.2, 0.25) is 5.02 Å². The summed E-state index contributed by atoms with van der Waals surface area (Å²) in [5, 5.41) is 7.64. The minimum Gasteiger partial charge on any atom is -0.340 e. The van der Waals surface area contributed by atoms with Gasteiger partial charge in [0.05, 0.1) is 5.02 Å². The second-order valence-electron chi connectivity index (χ2n) is 7.25. The number of pyridine rings is 1. The highest BCUT2D eigenvalue weighted by Gasteiger charge is 2.32. The highest BCUT2D eigenvalue weighted by Crippen LogP contribution is 2.25. The summed E-state index contributed by atoms with van der Waals surface area (Å²) >= 11 is 5.83. The number of rotatable bonds is 5. The molecule has 1 atom stereocenters. The van der Waals surface area contributed by atoms with Crippen LogP contribution in [-0.4, -0.2) is 44.6 Å². The number of nitrogens with one attached hydrogen (secondary N) is 1. The van der Waals surface area contributed by atoms with E-state index in [9.17, 15) is 9.59 Å². The summed E-state index contributed by atoms with van der Waals surface area (Å²) in [5.41, 5.74) is 0.889. The molecule has 1 saturated heterocycles. The number of nitrogens with zero attached hydrogens (tertiary/aromatic N) is 4. The van der Waals surface area contributed by atoms with Gasteiger partial charge in [0.25, 0.3) is 5.91 Å². The van der Waals surface area contributed by atoms with Crippen LogP contribution in [0.1, 0.15) is 24.4 Å². The molecule has 1 aliphatic heterocycles. The summed E-state index contributed by atoms with van der Waals surface area (Å²) in [6.07, 6.45) is 6.18. The predicted molar refractivity (Wildman–Crippen MR) is 114 cm³/mol. The van der Waals surface area contributed by atoms with Crippen molar-refractivity contribution in [1.82, 2.24) is 19.7 Å². The molecule has 7 nitrogen and oxygen atoms in total. The van der Waals surface area contributed by atoms with E-state index in [0.717, 1.165) is 5.56 Å². The zero-order chi connectivity index (χ0) is 20.9. The SMILES string of the molecule is O=C(Nc1ccc(Cl)cn1)C1CCN(C(=O)C(c2ccccc2)n2cccn2)CC1. The van der Waals surface area contributed by atoms with Crippen LogP contribution < -0.4 is 5.32 Å². The molecular weight excluding hydrogens is 402 g/mol. The van der Waals surface area contributed by atoms with Crippen LogP contribution in [-0.2, 0) is 9.59 Å². The number of likely N-dealkylation sites (tertiary alicyclic amines) is 1. The van der Waals surface area contributed by atoms with E-state index in [1.165, 1.54) is 6.20 Å². The van der Waals surface area contributed by atoms with Crippen LogP contribution in [0, 0.1) is 5.92 Å². The smallest absolute Gasteiger partial charge is 0.252 e. The van der Waals surface area contributed by atoms with Crippen molar-refractivity contribution in [3.63, 3.8) is 0 Å². The first-order valence-corrected chi connectivity index (χ1v) is 10.2. The fourth-order valence-electron chi connectivity index (χ4n) is 3.69. The van der Waals surface area contributed by atoms with E-state index < -0.39 is 6.04 Å². The normalized spacial score (nSPS) is 15.6. The van der Waals surface area contributed by atoms with Gasteiger partial charge >= 0.3 is 0 Å². The van der Waals surface area contributed by atoms with E-state index in [2.05, 4.69) is 15.4 Å². The van der Waals surface area contributed by atoms with E-state index in [-0.39, 0.29) is 17.7 Å². The summed E-state index contributed by atoms with van der Waals surface area (Å²) in [6.45, 7) is 1.05. The van der Waals surface area contributed by atoms with Crippen molar-refractivity contribution in [1.29, 1.82) is 0 Å². The molecule has 3 aromatic rings. The van der Waals surface area contributed by atoms with E-state index >= 15 is 0 Å². The molecule has 0 aliphatic carbocycles. The standard InChI is InChI=1S/C22H22ClN5O2/c23-18-7-8-19(24-15-18)26-21(29)17-9-13-27(14-10-17)22(30)20(28-12-4-11-25-28)16-5-2-1-3-6-16/h1-8,11-12,15,17,20H,9-10,13-14H2,(H,24,26,29). The van der Waals surface area contributed by atoms with Crippen LogP contribution >= 0.6 is 11.6 Å². The second kappa shape index (κ2) is 9.09. The first-order valence-electron chi connectivity index (χ1n) is 9.87. The largest absolute Gasteiger partial charge is 0.340 e. The molecule has 8 heteroatoms. The van der Waals surface area contributed by atoms with Crippen LogP contribution in [0.15, 0.2) is 67.1 Å². The molecule has 4 rings (SSSR count). The van der Waals surface area contributed by atoms with E-state index in [1.807, 2.05) is 41.3 Å². The number of piperidine rings is 1. The van der Waals surface area contributed by atoms with Crippen molar-refractivity contribution in [3.8, 4) is 0 Å². The molecule has 2 amide bonds. The molecule has 2 aromatic heterocycles. The maximum Gasteiger partial charge on any atom is 0.252 e. The Balaban J connectivity index is 1.40. The Hall–Kier alpha value is -3.19.